The first-order chi connectivity index (χ1) is 12.1. The third-order valence-corrected chi connectivity index (χ3v) is 5.45. The molecule has 0 unspecified atom stereocenters. The summed E-state index contributed by atoms with van der Waals surface area (Å²) in [5.74, 6) is 1.07. The van der Waals surface area contributed by atoms with Gasteiger partial charge in [0.25, 0.3) is 5.91 Å². The Labute approximate surface area is 150 Å². The van der Waals surface area contributed by atoms with E-state index in [0.29, 0.717) is 12.6 Å². The summed E-state index contributed by atoms with van der Waals surface area (Å²) in [6, 6.07) is 2.62. The summed E-state index contributed by atoms with van der Waals surface area (Å²) in [7, 11) is 0. The molecule has 1 fully saturated rings. The Morgan fingerprint density at radius 2 is 2.00 bits per heavy atom. The van der Waals surface area contributed by atoms with Gasteiger partial charge in [0, 0.05) is 42.9 Å². The first kappa shape index (κ1) is 17.8. The van der Waals surface area contributed by atoms with Crippen LogP contribution < -0.4 is 5.32 Å². The van der Waals surface area contributed by atoms with Crippen molar-refractivity contribution in [2.24, 2.45) is 0 Å². The minimum atomic E-state index is 0.0533. The normalized spacial score (nSPS) is 15.5. The van der Waals surface area contributed by atoms with Gasteiger partial charge >= 0.3 is 0 Å². The molecule has 1 N–H and O–H groups in total. The molecule has 5 nitrogen and oxygen atoms in total. The number of hydrogen-bond donors (Lipinski definition) is 1. The van der Waals surface area contributed by atoms with Crippen molar-refractivity contribution in [3.63, 3.8) is 0 Å². The Kier molecular flexibility index (Phi) is 5.61. The fourth-order valence-electron chi connectivity index (χ4n) is 4.09. The molecule has 2 aromatic heterocycles. The highest BCUT2D eigenvalue weighted by molar-refractivity contribution is 5.95. The maximum absolute atomic E-state index is 12.6. The largest absolute Gasteiger partial charge is 0.352 e. The van der Waals surface area contributed by atoms with Crippen LogP contribution in [0.3, 0.4) is 0 Å². The van der Waals surface area contributed by atoms with Gasteiger partial charge in [-0.3, -0.25) is 4.79 Å². The monoisotopic (exact) mass is 342 g/mol. The van der Waals surface area contributed by atoms with Gasteiger partial charge in [0.2, 0.25) is 0 Å². The van der Waals surface area contributed by atoms with Gasteiger partial charge in [-0.2, -0.15) is 0 Å². The molecule has 2 heterocycles. The molecule has 0 saturated heterocycles. The minimum Gasteiger partial charge on any atom is -0.352 e. The van der Waals surface area contributed by atoms with Crippen LogP contribution >= 0.6 is 0 Å². The van der Waals surface area contributed by atoms with E-state index in [0.717, 1.165) is 30.0 Å². The highest BCUT2D eigenvalue weighted by Crippen LogP contribution is 2.32. The van der Waals surface area contributed by atoms with Crippen LogP contribution in [0.25, 0.3) is 0 Å². The van der Waals surface area contributed by atoms with Crippen molar-refractivity contribution in [2.75, 3.05) is 6.54 Å². The molecule has 1 amide bonds. The first-order valence-corrected chi connectivity index (χ1v) is 9.52. The van der Waals surface area contributed by atoms with Gasteiger partial charge in [-0.15, -0.1) is 0 Å². The molecular weight excluding hydrogens is 312 g/mol. The lowest BCUT2D eigenvalue weighted by Crippen LogP contribution is -2.26. The molecule has 3 rings (SSSR count). The van der Waals surface area contributed by atoms with Gasteiger partial charge in [-0.1, -0.05) is 19.3 Å². The Balaban J connectivity index is 1.57. The molecule has 0 aliphatic heterocycles. The van der Waals surface area contributed by atoms with Crippen LogP contribution in [0.1, 0.15) is 72.1 Å². The summed E-state index contributed by atoms with van der Waals surface area (Å²) >= 11 is 0. The molecule has 0 atom stereocenters. The van der Waals surface area contributed by atoms with E-state index in [1.54, 1.807) is 0 Å². The number of rotatable bonds is 6. The van der Waals surface area contributed by atoms with E-state index in [2.05, 4.69) is 39.3 Å². The minimum absolute atomic E-state index is 0.0533. The van der Waals surface area contributed by atoms with Crippen LogP contribution in [0.15, 0.2) is 18.5 Å². The molecule has 136 valence electrons. The Morgan fingerprint density at radius 1 is 1.24 bits per heavy atom. The second-order valence-corrected chi connectivity index (χ2v) is 7.22. The number of carbonyl (C=O) groups excluding carboxylic acids is 1. The molecule has 0 bridgehead atoms. The Hall–Kier alpha value is -2.04. The quantitative estimate of drug-likeness (QED) is 0.809. The fourth-order valence-corrected chi connectivity index (χ4v) is 4.09. The Bertz CT molecular complexity index is 722. The van der Waals surface area contributed by atoms with Crippen molar-refractivity contribution >= 4 is 5.91 Å². The molecular formula is C20H30N4O. The molecule has 0 spiro atoms. The van der Waals surface area contributed by atoms with Gasteiger partial charge in [0.05, 0.1) is 5.56 Å². The maximum Gasteiger partial charge on any atom is 0.253 e. The van der Waals surface area contributed by atoms with E-state index >= 15 is 0 Å². The number of aromatic nitrogens is 3. The maximum atomic E-state index is 12.6. The van der Waals surface area contributed by atoms with Gasteiger partial charge < -0.3 is 14.5 Å². The summed E-state index contributed by atoms with van der Waals surface area (Å²) < 4.78 is 4.50. The summed E-state index contributed by atoms with van der Waals surface area (Å²) in [6.45, 7) is 7.78. The smallest absolute Gasteiger partial charge is 0.253 e. The molecule has 1 aliphatic carbocycles. The summed E-state index contributed by atoms with van der Waals surface area (Å²) in [5.41, 5.74) is 3.16. The number of carbonyl (C=O) groups is 1. The number of imidazole rings is 1. The number of amides is 1. The summed E-state index contributed by atoms with van der Waals surface area (Å²) in [6.07, 6.45) is 11.1. The third kappa shape index (κ3) is 3.97. The van der Waals surface area contributed by atoms with E-state index in [9.17, 15) is 4.79 Å². The molecule has 1 saturated carbocycles. The fraction of sp³-hybridized carbons (Fsp3) is 0.600. The molecule has 0 aromatic carbocycles. The van der Waals surface area contributed by atoms with E-state index in [-0.39, 0.29) is 5.91 Å². The van der Waals surface area contributed by atoms with Crippen LogP contribution in [-0.4, -0.2) is 26.6 Å². The summed E-state index contributed by atoms with van der Waals surface area (Å²) in [5, 5.41) is 3.08. The predicted molar refractivity (Wildman–Crippen MR) is 99.9 cm³/mol. The van der Waals surface area contributed by atoms with E-state index in [1.165, 1.54) is 37.8 Å². The van der Waals surface area contributed by atoms with Crippen LogP contribution in [0.4, 0.5) is 0 Å². The number of nitrogens with one attached hydrogen (secondary N) is 1. The summed E-state index contributed by atoms with van der Waals surface area (Å²) in [4.78, 5) is 16.8. The molecule has 25 heavy (non-hydrogen) atoms. The van der Waals surface area contributed by atoms with Gasteiger partial charge in [0.15, 0.2) is 0 Å². The highest BCUT2D eigenvalue weighted by atomic mass is 16.1. The topological polar surface area (TPSA) is 51.9 Å². The number of aryl methyl sites for hydroxylation is 3. The Morgan fingerprint density at radius 3 is 2.68 bits per heavy atom. The van der Waals surface area contributed by atoms with Gasteiger partial charge in [-0.05, 0) is 46.1 Å². The van der Waals surface area contributed by atoms with Gasteiger partial charge in [0.1, 0.15) is 5.82 Å². The molecule has 0 radical (unpaired) electrons. The zero-order valence-electron chi connectivity index (χ0n) is 15.7. The van der Waals surface area contributed by atoms with Crippen molar-refractivity contribution in [3.8, 4) is 0 Å². The average Bonchev–Trinajstić information content (AvgIpc) is 3.15. The highest BCUT2D eigenvalue weighted by Gasteiger charge is 2.22. The van der Waals surface area contributed by atoms with Crippen molar-refractivity contribution in [1.29, 1.82) is 0 Å². The standard InChI is InChI=1S/C20H30N4O/c1-15-14-19(16(2)24(15)18-8-5-4-6-9-18)20(25)22-10-7-12-23-13-11-21-17(23)3/h11,13-14,18H,4-10,12H2,1-3H3,(H,22,25). The lowest BCUT2D eigenvalue weighted by molar-refractivity contribution is 0.0952. The molecule has 2 aromatic rings. The van der Waals surface area contributed by atoms with E-state index < -0.39 is 0 Å². The van der Waals surface area contributed by atoms with Crippen LogP contribution in [0.2, 0.25) is 0 Å². The molecule has 1 aliphatic rings. The average molecular weight is 342 g/mol. The van der Waals surface area contributed by atoms with Gasteiger partial charge in [-0.25, -0.2) is 4.98 Å². The van der Waals surface area contributed by atoms with Crippen molar-refractivity contribution in [2.45, 2.75) is 71.9 Å². The van der Waals surface area contributed by atoms with E-state index in [4.69, 9.17) is 0 Å². The van der Waals surface area contributed by atoms with Crippen LogP contribution in [0.5, 0.6) is 0 Å². The second kappa shape index (κ2) is 7.89. The lowest BCUT2D eigenvalue weighted by atomic mass is 9.95. The van der Waals surface area contributed by atoms with Crippen molar-refractivity contribution in [1.82, 2.24) is 19.4 Å². The SMILES string of the molecule is Cc1nccn1CCCNC(=O)c1cc(C)n(C2CCCCC2)c1C. The second-order valence-electron chi connectivity index (χ2n) is 7.22. The molecule has 5 heteroatoms. The lowest BCUT2D eigenvalue weighted by Gasteiger charge is -2.26. The predicted octanol–water partition coefficient (Wildman–Crippen LogP) is 3.94. The van der Waals surface area contributed by atoms with E-state index in [1.807, 2.05) is 19.3 Å². The third-order valence-electron chi connectivity index (χ3n) is 5.45. The van der Waals surface area contributed by atoms with Crippen LogP contribution in [0, 0.1) is 20.8 Å². The first-order valence-electron chi connectivity index (χ1n) is 9.52. The van der Waals surface area contributed by atoms with Crippen molar-refractivity contribution in [3.05, 3.63) is 41.2 Å². The van der Waals surface area contributed by atoms with Crippen molar-refractivity contribution < 1.29 is 4.79 Å². The van der Waals surface area contributed by atoms with Crippen LogP contribution in [-0.2, 0) is 6.54 Å². The number of hydrogen-bond acceptors (Lipinski definition) is 2. The zero-order chi connectivity index (χ0) is 17.8. The number of nitrogens with zero attached hydrogens (tertiary/aromatic N) is 3. The zero-order valence-corrected chi connectivity index (χ0v) is 15.7.